The third-order valence-corrected chi connectivity index (χ3v) is 4.61. The van der Waals surface area contributed by atoms with Crippen molar-refractivity contribution in [2.75, 3.05) is 0 Å². The van der Waals surface area contributed by atoms with Gasteiger partial charge in [-0.15, -0.1) is 4.91 Å². The highest BCUT2D eigenvalue weighted by Gasteiger charge is 2.07. The van der Waals surface area contributed by atoms with Crippen LogP contribution in [0.3, 0.4) is 0 Å². The summed E-state index contributed by atoms with van der Waals surface area (Å²) in [4.78, 5) is 26.4. The smallest absolute Gasteiger partial charge is 0.152 e. The third kappa shape index (κ3) is 3.53. The topological polar surface area (TPSA) is 71.4 Å². The van der Waals surface area contributed by atoms with E-state index in [2.05, 4.69) is 33.7 Å². The second-order valence-corrected chi connectivity index (χ2v) is 6.41. The van der Waals surface area contributed by atoms with E-state index in [4.69, 9.17) is 0 Å². The maximum Gasteiger partial charge on any atom is 0.152 e. The van der Waals surface area contributed by atoms with Gasteiger partial charge in [0.05, 0.1) is 5.69 Å². The normalized spacial score (nSPS) is 12.8. The first-order valence-electron chi connectivity index (χ1n) is 8.68. The fourth-order valence-corrected chi connectivity index (χ4v) is 3.21. The van der Waals surface area contributed by atoms with Gasteiger partial charge in [0.15, 0.2) is 6.29 Å². The molecule has 0 fully saturated rings. The average Bonchev–Trinajstić information content (AvgIpc) is 2.92. The molecule has 3 aromatic rings. The molecule has 1 aromatic heterocycles. The number of benzene rings is 2. The molecule has 132 valence electrons. The molecule has 5 heteroatoms. The van der Waals surface area contributed by atoms with Crippen molar-refractivity contribution < 1.29 is 4.79 Å². The van der Waals surface area contributed by atoms with Crippen LogP contribution in [-0.4, -0.2) is 11.3 Å². The number of nitroso groups, excluding NO2 is 1. The predicted octanol–water partition coefficient (Wildman–Crippen LogP) is 4.99. The molecule has 1 aliphatic rings. The number of aromatic nitrogens is 1. The van der Waals surface area contributed by atoms with Crippen LogP contribution in [0.1, 0.15) is 33.6 Å². The van der Waals surface area contributed by atoms with Gasteiger partial charge in [-0.05, 0) is 57.9 Å². The summed E-state index contributed by atoms with van der Waals surface area (Å²) >= 11 is 0. The number of rotatable bonds is 5. The molecule has 1 aliphatic carbocycles. The largest absolute Gasteiger partial charge is 0.384 e. The molecule has 0 unspecified atom stereocenters. The second-order valence-electron chi connectivity index (χ2n) is 6.41. The summed E-state index contributed by atoms with van der Waals surface area (Å²) in [6.45, 7) is 0.662. The minimum absolute atomic E-state index is 0.172. The number of hydrogen-bond donors (Lipinski definition) is 1. The molecule has 4 rings (SSSR count). The Labute approximate surface area is 156 Å². The zero-order valence-electron chi connectivity index (χ0n) is 14.6. The van der Waals surface area contributed by atoms with Crippen LogP contribution in [0.15, 0.2) is 65.6 Å². The summed E-state index contributed by atoms with van der Waals surface area (Å²) in [5, 5.41) is 8.20. The van der Waals surface area contributed by atoms with E-state index in [1.807, 2.05) is 30.3 Å². The third-order valence-electron chi connectivity index (χ3n) is 4.61. The molecular weight excluding hydrogens is 338 g/mol. The Kier molecular flexibility index (Phi) is 4.58. The molecule has 0 bridgehead atoms. The lowest BCUT2D eigenvalue weighted by molar-refractivity contribution is 0.112. The number of nitrogens with one attached hydrogen (secondary N) is 1. The highest BCUT2D eigenvalue weighted by atomic mass is 16.3. The fourth-order valence-electron chi connectivity index (χ4n) is 3.21. The van der Waals surface area contributed by atoms with Crippen molar-refractivity contribution >= 4 is 34.9 Å². The SMILES string of the molecule is O=Cc1cc2cc(CNC3=Cc4cccnc4C=CC3)ccc2cc1N=O. The van der Waals surface area contributed by atoms with Crippen molar-refractivity contribution in [1.29, 1.82) is 0 Å². The summed E-state index contributed by atoms with van der Waals surface area (Å²) in [6, 6.07) is 13.3. The van der Waals surface area contributed by atoms with Gasteiger partial charge in [-0.2, -0.15) is 0 Å². The first-order chi connectivity index (χ1) is 13.3. The Bertz CT molecular complexity index is 1100. The van der Waals surface area contributed by atoms with Gasteiger partial charge in [0.1, 0.15) is 5.69 Å². The van der Waals surface area contributed by atoms with Crippen LogP contribution in [0.2, 0.25) is 0 Å². The van der Waals surface area contributed by atoms with Crippen molar-refractivity contribution in [2.24, 2.45) is 5.18 Å². The molecule has 27 heavy (non-hydrogen) atoms. The van der Waals surface area contributed by atoms with Crippen LogP contribution >= 0.6 is 0 Å². The van der Waals surface area contributed by atoms with Crippen molar-refractivity contribution in [3.63, 3.8) is 0 Å². The van der Waals surface area contributed by atoms with E-state index in [1.165, 1.54) is 0 Å². The van der Waals surface area contributed by atoms with Gasteiger partial charge in [-0.25, -0.2) is 0 Å². The lowest BCUT2D eigenvalue weighted by Gasteiger charge is -2.10. The molecule has 0 amide bonds. The number of pyridine rings is 1. The minimum atomic E-state index is 0.172. The number of nitrogens with zero attached hydrogens (tertiary/aromatic N) is 2. The molecule has 1 N–H and O–H groups in total. The van der Waals surface area contributed by atoms with Crippen LogP contribution in [0.5, 0.6) is 0 Å². The van der Waals surface area contributed by atoms with Gasteiger partial charge >= 0.3 is 0 Å². The average molecular weight is 355 g/mol. The van der Waals surface area contributed by atoms with E-state index in [0.717, 1.165) is 39.7 Å². The Morgan fingerprint density at radius 3 is 2.93 bits per heavy atom. The molecule has 0 saturated carbocycles. The fraction of sp³-hybridized carbons (Fsp3) is 0.0909. The highest BCUT2D eigenvalue weighted by Crippen LogP contribution is 2.26. The van der Waals surface area contributed by atoms with Gasteiger partial charge in [0.2, 0.25) is 0 Å². The van der Waals surface area contributed by atoms with Gasteiger partial charge < -0.3 is 5.32 Å². The van der Waals surface area contributed by atoms with Gasteiger partial charge in [-0.1, -0.05) is 24.3 Å². The quantitative estimate of drug-likeness (QED) is 0.517. The number of carbonyl (C=O) groups excluding carboxylic acids is 1. The van der Waals surface area contributed by atoms with Gasteiger partial charge in [0.25, 0.3) is 0 Å². The maximum atomic E-state index is 11.2. The molecule has 0 atom stereocenters. The first kappa shape index (κ1) is 16.8. The minimum Gasteiger partial charge on any atom is -0.384 e. The van der Waals surface area contributed by atoms with Crippen molar-refractivity contribution in [3.05, 3.63) is 87.7 Å². The summed E-state index contributed by atoms with van der Waals surface area (Å²) < 4.78 is 0. The highest BCUT2D eigenvalue weighted by molar-refractivity contribution is 5.95. The standard InChI is InChI=1S/C22H17N3O2/c26-14-19-10-18-9-15(6-7-16(18)12-22(19)25-27)13-24-20-4-1-5-21-17(11-20)3-2-8-23-21/h1-3,5-12,14,24H,4,13H2. The number of allylic oxidation sites excluding steroid dienone is 1. The molecule has 0 spiro atoms. The van der Waals surface area contributed by atoms with E-state index in [9.17, 15) is 9.70 Å². The Hall–Kier alpha value is -3.60. The van der Waals surface area contributed by atoms with Gasteiger partial charge in [0, 0.05) is 36.0 Å². The van der Waals surface area contributed by atoms with Crippen molar-refractivity contribution in [3.8, 4) is 0 Å². The Morgan fingerprint density at radius 2 is 2.07 bits per heavy atom. The van der Waals surface area contributed by atoms with E-state index in [-0.39, 0.29) is 5.69 Å². The maximum absolute atomic E-state index is 11.2. The van der Waals surface area contributed by atoms with Crippen LogP contribution < -0.4 is 5.32 Å². The monoisotopic (exact) mass is 355 g/mol. The zero-order chi connectivity index (χ0) is 18.6. The van der Waals surface area contributed by atoms with E-state index in [1.54, 1.807) is 18.3 Å². The summed E-state index contributed by atoms with van der Waals surface area (Å²) in [6.07, 6.45) is 9.53. The first-order valence-corrected chi connectivity index (χ1v) is 8.68. The van der Waals surface area contributed by atoms with Crippen molar-refractivity contribution in [1.82, 2.24) is 10.3 Å². The number of fused-ring (bicyclic) bond motifs is 2. The van der Waals surface area contributed by atoms with Crippen molar-refractivity contribution in [2.45, 2.75) is 13.0 Å². The second kappa shape index (κ2) is 7.33. The van der Waals surface area contributed by atoms with Crippen LogP contribution in [0.25, 0.3) is 22.9 Å². The molecule has 0 radical (unpaired) electrons. The van der Waals surface area contributed by atoms with E-state index >= 15 is 0 Å². The number of aldehydes is 1. The molecular formula is C22H17N3O2. The van der Waals surface area contributed by atoms with Crippen LogP contribution in [0.4, 0.5) is 5.69 Å². The van der Waals surface area contributed by atoms with Crippen LogP contribution in [-0.2, 0) is 6.54 Å². The molecule has 5 nitrogen and oxygen atoms in total. The molecule has 0 saturated heterocycles. The van der Waals surface area contributed by atoms with Gasteiger partial charge in [-0.3, -0.25) is 9.78 Å². The number of hydrogen-bond acceptors (Lipinski definition) is 5. The molecule has 1 heterocycles. The van der Waals surface area contributed by atoms with E-state index < -0.39 is 0 Å². The zero-order valence-corrected chi connectivity index (χ0v) is 14.6. The Balaban J connectivity index is 1.57. The lowest BCUT2D eigenvalue weighted by atomic mass is 10.0. The summed E-state index contributed by atoms with van der Waals surface area (Å²) in [5.41, 5.74) is 4.76. The Morgan fingerprint density at radius 1 is 1.15 bits per heavy atom. The summed E-state index contributed by atoms with van der Waals surface area (Å²) in [5.74, 6) is 0. The van der Waals surface area contributed by atoms with E-state index in [0.29, 0.717) is 18.4 Å². The number of carbonyl (C=O) groups is 1. The lowest BCUT2D eigenvalue weighted by Crippen LogP contribution is -2.12. The molecule has 2 aromatic carbocycles. The summed E-state index contributed by atoms with van der Waals surface area (Å²) in [7, 11) is 0. The predicted molar refractivity (Wildman–Crippen MR) is 107 cm³/mol. The molecule has 0 aliphatic heterocycles. The van der Waals surface area contributed by atoms with Crippen LogP contribution in [0, 0.1) is 4.91 Å².